The monoisotopic (exact) mass is 199 g/mol. The highest BCUT2D eigenvalue weighted by Gasteiger charge is 2.18. The minimum absolute atomic E-state index is 0.0703. The standard InChI is InChI=1S/C10H21N3O/c1-9(14)12-7-10-3-2-5-13(8-10)6-4-11/h10H,2-8,11H2,1H3,(H,12,14)/t10-/m1/s1. The lowest BCUT2D eigenvalue weighted by molar-refractivity contribution is -0.119. The molecule has 0 aromatic heterocycles. The molecule has 0 aliphatic carbocycles. The third kappa shape index (κ3) is 4.07. The molecule has 0 aromatic rings. The van der Waals surface area contributed by atoms with Crippen LogP contribution >= 0.6 is 0 Å². The van der Waals surface area contributed by atoms with Gasteiger partial charge >= 0.3 is 0 Å². The number of nitrogens with one attached hydrogen (secondary N) is 1. The van der Waals surface area contributed by atoms with Crippen molar-refractivity contribution in [2.75, 3.05) is 32.7 Å². The fourth-order valence-corrected chi connectivity index (χ4v) is 1.99. The molecule has 14 heavy (non-hydrogen) atoms. The van der Waals surface area contributed by atoms with Crippen LogP contribution < -0.4 is 11.1 Å². The Labute approximate surface area is 85.8 Å². The molecule has 0 aromatic carbocycles. The van der Waals surface area contributed by atoms with Gasteiger partial charge in [0.25, 0.3) is 0 Å². The number of amides is 1. The Hall–Kier alpha value is -0.610. The van der Waals surface area contributed by atoms with Gasteiger partial charge < -0.3 is 16.0 Å². The number of nitrogens with zero attached hydrogens (tertiary/aromatic N) is 1. The molecule has 1 heterocycles. The Morgan fingerprint density at radius 2 is 2.43 bits per heavy atom. The minimum Gasteiger partial charge on any atom is -0.356 e. The van der Waals surface area contributed by atoms with Crippen LogP contribution in [0.15, 0.2) is 0 Å². The van der Waals surface area contributed by atoms with E-state index in [-0.39, 0.29) is 5.91 Å². The van der Waals surface area contributed by atoms with E-state index >= 15 is 0 Å². The highest BCUT2D eigenvalue weighted by molar-refractivity contribution is 5.72. The van der Waals surface area contributed by atoms with E-state index in [4.69, 9.17) is 5.73 Å². The number of carbonyl (C=O) groups is 1. The maximum atomic E-state index is 10.7. The first-order valence-corrected chi connectivity index (χ1v) is 5.39. The van der Waals surface area contributed by atoms with Gasteiger partial charge in [-0.05, 0) is 25.3 Å². The van der Waals surface area contributed by atoms with Crippen LogP contribution in [0.25, 0.3) is 0 Å². The van der Waals surface area contributed by atoms with E-state index in [0.717, 1.165) is 32.7 Å². The zero-order chi connectivity index (χ0) is 10.4. The summed E-state index contributed by atoms with van der Waals surface area (Å²) in [5, 5.41) is 2.88. The van der Waals surface area contributed by atoms with Crippen LogP contribution in [0.4, 0.5) is 0 Å². The number of nitrogens with two attached hydrogens (primary N) is 1. The van der Waals surface area contributed by atoms with Crippen molar-refractivity contribution >= 4 is 5.91 Å². The Bertz CT molecular complexity index is 182. The maximum absolute atomic E-state index is 10.7. The van der Waals surface area contributed by atoms with Crippen molar-refractivity contribution in [2.45, 2.75) is 19.8 Å². The van der Waals surface area contributed by atoms with Gasteiger partial charge in [-0.15, -0.1) is 0 Å². The lowest BCUT2D eigenvalue weighted by atomic mass is 9.98. The zero-order valence-corrected chi connectivity index (χ0v) is 8.96. The lowest BCUT2D eigenvalue weighted by Gasteiger charge is -2.32. The third-order valence-corrected chi connectivity index (χ3v) is 2.69. The van der Waals surface area contributed by atoms with Gasteiger partial charge in [-0.3, -0.25) is 4.79 Å². The molecule has 0 bridgehead atoms. The van der Waals surface area contributed by atoms with Crippen molar-refractivity contribution in [3.63, 3.8) is 0 Å². The second kappa shape index (κ2) is 5.98. The number of piperidine rings is 1. The molecule has 1 atom stereocenters. The van der Waals surface area contributed by atoms with Crippen molar-refractivity contribution in [1.29, 1.82) is 0 Å². The molecule has 3 N–H and O–H groups in total. The summed E-state index contributed by atoms with van der Waals surface area (Å²) in [6.45, 7) is 6.34. The van der Waals surface area contributed by atoms with Crippen LogP contribution in [0.2, 0.25) is 0 Å². The summed E-state index contributed by atoms with van der Waals surface area (Å²) < 4.78 is 0. The highest BCUT2D eigenvalue weighted by Crippen LogP contribution is 2.14. The molecule has 82 valence electrons. The van der Waals surface area contributed by atoms with E-state index in [2.05, 4.69) is 10.2 Å². The van der Waals surface area contributed by atoms with Gasteiger partial charge in [0.1, 0.15) is 0 Å². The van der Waals surface area contributed by atoms with Crippen molar-refractivity contribution in [2.24, 2.45) is 11.7 Å². The van der Waals surface area contributed by atoms with Gasteiger partial charge in [-0.2, -0.15) is 0 Å². The molecule has 4 heteroatoms. The van der Waals surface area contributed by atoms with Gasteiger partial charge in [0.15, 0.2) is 0 Å². The quantitative estimate of drug-likeness (QED) is 0.659. The first kappa shape index (κ1) is 11.5. The summed E-state index contributed by atoms with van der Waals surface area (Å²) in [5.74, 6) is 0.681. The average molecular weight is 199 g/mol. The lowest BCUT2D eigenvalue weighted by Crippen LogP contribution is -2.42. The van der Waals surface area contributed by atoms with Gasteiger partial charge in [0, 0.05) is 33.1 Å². The van der Waals surface area contributed by atoms with E-state index in [1.54, 1.807) is 6.92 Å². The number of hydrogen-bond donors (Lipinski definition) is 2. The van der Waals surface area contributed by atoms with Crippen LogP contribution in [-0.4, -0.2) is 43.5 Å². The van der Waals surface area contributed by atoms with Crippen LogP contribution in [0.3, 0.4) is 0 Å². The minimum atomic E-state index is 0.0703. The SMILES string of the molecule is CC(=O)NC[C@H]1CCCN(CCN)C1. The molecule has 1 rings (SSSR count). The number of hydrogen-bond acceptors (Lipinski definition) is 3. The summed E-state index contributed by atoms with van der Waals surface area (Å²) in [4.78, 5) is 13.1. The number of rotatable bonds is 4. The third-order valence-electron chi connectivity index (χ3n) is 2.69. The average Bonchev–Trinajstić information content (AvgIpc) is 2.16. The van der Waals surface area contributed by atoms with Crippen LogP contribution in [-0.2, 0) is 4.79 Å². The van der Waals surface area contributed by atoms with E-state index in [9.17, 15) is 4.79 Å². The molecule has 4 nitrogen and oxygen atoms in total. The Morgan fingerprint density at radius 1 is 1.64 bits per heavy atom. The molecule has 1 aliphatic heterocycles. The molecule has 1 fully saturated rings. The van der Waals surface area contributed by atoms with E-state index < -0.39 is 0 Å². The molecular weight excluding hydrogens is 178 g/mol. The normalized spacial score (nSPS) is 23.4. The van der Waals surface area contributed by atoms with Crippen molar-refractivity contribution in [3.05, 3.63) is 0 Å². The van der Waals surface area contributed by atoms with Gasteiger partial charge in [0.2, 0.25) is 5.91 Å². The predicted molar refractivity (Wildman–Crippen MR) is 56.9 cm³/mol. The van der Waals surface area contributed by atoms with Gasteiger partial charge in [0.05, 0.1) is 0 Å². The predicted octanol–water partition coefficient (Wildman–Crippen LogP) is -0.207. The molecule has 0 spiro atoms. The Kier molecular flexibility index (Phi) is 4.90. The first-order valence-electron chi connectivity index (χ1n) is 5.39. The summed E-state index contributed by atoms with van der Waals surface area (Å²) in [7, 11) is 0. The topological polar surface area (TPSA) is 58.4 Å². The number of likely N-dealkylation sites (tertiary alicyclic amines) is 1. The molecule has 0 saturated carbocycles. The number of carbonyl (C=O) groups excluding carboxylic acids is 1. The van der Waals surface area contributed by atoms with E-state index in [0.29, 0.717) is 5.92 Å². The van der Waals surface area contributed by atoms with Crippen LogP contribution in [0.1, 0.15) is 19.8 Å². The summed E-state index contributed by atoms with van der Waals surface area (Å²) >= 11 is 0. The molecule has 1 saturated heterocycles. The highest BCUT2D eigenvalue weighted by atomic mass is 16.1. The second-order valence-corrected chi connectivity index (χ2v) is 4.03. The molecule has 0 unspecified atom stereocenters. The smallest absolute Gasteiger partial charge is 0.216 e. The van der Waals surface area contributed by atoms with Crippen molar-refractivity contribution in [3.8, 4) is 0 Å². The molecule has 1 amide bonds. The van der Waals surface area contributed by atoms with Crippen molar-refractivity contribution < 1.29 is 4.79 Å². The van der Waals surface area contributed by atoms with Gasteiger partial charge in [-0.1, -0.05) is 0 Å². The summed E-state index contributed by atoms with van der Waals surface area (Å²) in [6.07, 6.45) is 2.45. The van der Waals surface area contributed by atoms with Gasteiger partial charge in [-0.25, -0.2) is 0 Å². The summed E-state index contributed by atoms with van der Waals surface area (Å²) in [5.41, 5.74) is 5.52. The maximum Gasteiger partial charge on any atom is 0.216 e. The molecule has 1 aliphatic rings. The van der Waals surface area contributed by atoms with Crippen LogP contribution in [0.5, 0.6) is 0 Å². The first-order chi connectivity index (χ1) is 6.72. The second-order valence-electron chi connectivity index (χ2n) is 4.03. The fraction of sp³-hybridized carbons (Fsp3) is 0.900. The largest absolute Gasteiger partial charge is 0.356 e. The van der Waals surface area contributed by atoms with E-state index in [1.807, 2.05) is 0 Å². The fourth-order valence-electron chi connectivity index (χ4n) is 1.99. The molecular formula is C10H21N3O. The van der Waals surface area contributed by atoms with Crippen LogP contribution in [0, 0.1) is 5.92 Å². The van der Waals surface area contributed by atoms with Crippen molar-refractivity contribution in [1.82, 2.24) is 10.2 Å². The zero-order valence-electron chi connectivity index (χ0n) is 8.96. The van der Waals surface area contributed by atoms with E-state index in [1.165, 1.54) is 12.8 Å². The summed E-state index contributed by atoms with van der Waals surface area (Å²) in [6, 6.07) is 0. The molecule has 0 radical (unpaired) electrons. The Balaban J connectivity index is 2.21. The Morgan fingerprint density at radius 3 is 3.07 bits per heavy atom.